The second-order valence-corrected chi connectivity index (χ2v) is 6.23. The van der Waals surface area contributed by atoms with E-state index < -0.39 is 0 Å². The van der Waals surface area contributed by atoms with E-state index in [4.69, 9.17) is 5.73 Å². The lowest BCUT2D eigenvalue weighted by Gasteiger charge is -2.10. The van der Waals surface area contributed by atoms with Crippen LogP contribution in [0.1, 0.15) is 18.3 Å². The fourth-order valence-corrected chi connectivity index (χ4v) is 2.69. The molecule has 1 aromatic heterocycles. The molecular weight excluding hydrogens is 332 g/mol. The van der Waals surface area contributed by atoms with E-state index in [1.807, 2.05) is 44.2 Å². The van der Waals surface area contributed by atoms with Crippen molar-refractivity contribution in [3.63, 3.8) is 0 Å². The van der Waals surface area contributed by atoms with E-state index >= 15 is 0 Å². The summed E-state index contributed by atoms with van der Waals surface area (Å²) in [4.78, 5) is 21.6. The van der Waals surface area contributed by atoms with E-state index in [9.17, 15) is 4.79 Å². The SMILES string of the molecule is Cc1cc(C)nc(Sc2ccc(NC(=O)C(C)CN)cc2)n1.Cl. The number of carbonyl (C=O) groups is 1. The number of hydrogen-bond acceptors (Lipinski definition) is 5. The van der Waals surface area contributed by atoms with Crippen molar-refractivity contribution in [2.75, 3.05) is 11.9 Å². The number of nitrogens with two attached hydrogens (primary N) is 1. The lowest BCUT2D eigenvalue weighted by molar-refractivity contribution is -0.119. The second kappa shape index (κ2) is 8.86. The molecule has 0 aliphatic heterocycles. The molecule has 1 heterocycles. The van der Waals surface area contributed by atoms with Crippen LogP contribution in [-0.4, -0.2) is 22.4 Å². The maximum absolute atomic E-state index is 11.8. The summed E-state index contributed by atoms with van der Waals surface area (Å²) in [6.45, 7) is 6.05. The first-order chi connectivity index (χ1) is 10.5. The molecule has 0 spiro atoms. The second-order valence-electron chi connectivity index (χ2n) is 5.19. The monoisotopic (exact) mass is 352 g/mol. The number of carbonyl (C=O) groups excluding carboxylic acids is 1. The van der Waals surface area contributed by atoms with Gasteiger partial charge in [-0.2, -0.15) is 0 Å². The molecular formula is C16H21ClN4OS. The molecule has 0 saturated heterocycles. The summed E-state index contributed by atoms with van der Waals surface area (Å²) in [5.74, 6) is -0.265. The zero-order chi connectivity index (χ0) is 16.1. The Bertz CT molecular complexity index is 643. The number of aryl methyl sites for hydroxylation is 2. The Morgan fingerprint density at radius 3 is 2.30 bits per heavy atom. The average Bonchev–Trinajstić information content (AvgIpc) is 2.47. The number of aromatic nitrogens is 2. The van der Waals surface area contributed by atoms with Crippen LogP contribution in [0, 0.1) is 19.8 Å². The fraction of sp³-hybridized carbons (Fsp3) is 0.312. The molecule has 0 aliphatic rings. The highest BCUT2D eigenvalue weighted by molar-refractivity contribution is 7.99. The number of nitrogens with zero attached hydrogens (tertiary/aromatic N) is 2. The third-order valence-electron chi connectivity index (χ3n) is 3.09. The first-order valence-corrected chi connectivity index (χ1v) is 7.90. The first kappa shape index (κ1) is 19.4. The van der Waals surface area contributed by atoms with Gasteiger partial charge in [0.1, 0.15) is 0 Å². The Balaban J connectivity index is 0.00000264. The Hall–Kier alpha value is -1.63. The Morgan fingerprint density at radius 1 is 1.22 bits per heavy atom. The van der Waals surface area contributed by atoms with Crippen LogP contribution in [0.5, 0.6) is 0 Å². The summed E-state index contributed by atoms with van der Waals surface area (Å²) in [7, 11) is 0. The van der Waals surface area contributed by atoms with E-state index in [0.717, 1.165) is 27.1 Å². The maximum atomic E-state index is 11.8. The quantitative estimate of drug-likeness (QED) is 0.807. The van der Waals surface area contributed by atoms with E-state index in [-0.39, 0.29) is 24.2 Å². The van der Waals surface area contributed by atoms with Gasteiger partial charge >= 0.3 is 0 Å². The standard InChI is InChI=1S/C16H20N4OS.ClH/c1-10(9-17)15(21)20-13-4-6-14(7-5-13)22-16-18-11(2)8-12(3)19-16;/h4-8,10H,9,17H2,1-3H3,(H,20,21);1H. The van der Waals surface area contributed by atoms with Gasteiger partial charge in [0.25, 0.3) is 0 Å². The average molecular weight is 353 g/mol. The summed E-state index contributed by atoms with van der Waals surface area (Å²) in [6.07, 6.45) is 0. The molecule has 0 fully saturated rings. The maximum Gasteiger partial charge on any atom is 0.228 e. The van der Waals surface area contributed by atoms with Crippen molar-refractivity contribution in [3.8, 4) is 0 Å². The van der Waals surface area contributed by atoms with Gasteiger partial charge in [0, 0.05) is 34.4 Å². The predicted octanol–water partition coefficient (Wildman–Crippen LogP) is 3.20. The van der Waals surface area contributed by atoms with Crippen LogP contribution < -0.4 is 11.1 Å². The van der Waals surface area contributed by atoms with Gasteiger partial charge in [0.15, 0.2) is 5.16 Å². The van der Waals surface area contributed by atoms with Crippen LogP contribution in [0.2, 0.25) is 0 Å². The third-order valence-corrected chi connectivity index (χ3v) is 3.97. The minimum absolute atomic E-state index is 0. The van der Waals surface area contributed by atoms with Crippen molar-refractivity contribution in [1.82, 2.24) is 9.97 Å². The number of nitrogens with one attached hydrogen (secondary N) is 1. The molecule has 2 aromatic rings. The third kappa shape index (κ3) is 5.82. The molecule has 1 amide bonds. The van der Waals surface area contributed by atoms with E-state index in [1.54, 1.807) is 6.92 Å². The Kier molecular flexibility index (Phi) is 7.48. The number of hydrogen-bond donors (Lipinski definition) is 2. The summed E-state index contributed by atoms with van der Waals surface area (Å²) >= 11 is 1.50. The molecule has 3 N–H and O–H groups in total. The molecule has 0 bridgehead atoms. The fourth-order valence-electron chi connectivity index (χ4n) is 1.82. The normalized spacial score (nSPS) is 11.5. The molecule has 124 valence electrons. The van der Waals surface area contributed by atoms with Crippen LogP contribution >= 0.6 is 24.2 Å². The van der Waals surface area contributed by atoms with Crippen molar-refractivity contribution in [2.24, 2.45) is 11.7 Å². The molecule has 0 radical (unpaired) electrons. The van der Waals surface area contributed by atoms with Gasteiger partial charge < -0.3 is 11.1 Å². The van der Waals surface area contributed by atoms with Crippen molar-refractivity contribution in [1.29, 1.82) is 0 Å². The molecule has 2 rings (SSSR count). The van der Waals surface area contributed by atoms with Crippen molar-refractivity contribution in [2.45, 2.75) is 30.8 Å². The molecule has 7 heteroatoms. The van der Waals surface area contributed by atoms with Gasteiger partial charge in [-0.05, 0) is 55.9 Å². The van der Waals surface area contributed by atoms with Gasteiger partial charge in [-0.25, -0.2) is 9.97 Å². The lowest BCUT2D eigenvalue weighted by Crippen LogP contribution is -2.26. The smallest absolute Gasteiger partial charge is 0.228 e. The van der Waals surface area contributed by atoms with E-state index in [2.05, 4.69) is 15.3 Å². The number of anilines is 1. The predicted molar refractivity (Wildman–Crippen MR) is 96.2 cm³/mol. The minimum atomic E-state index is -0.197. The summed E-state index contributed by atoms with van der Waals surface area (Å²) < 4.78 is 0. The van der Waals surface area contributed by atoms with Crippen molar-refractivity contribution >= 4 is 35.8 Å². The Morgan fingerprint density at radius 2 is 1.78 bits per heavy atom. The molecule has 23 heavy (non-hydrogen) atoms. The molecule has 1 aromatic carbocycles. The molecule has 0 saturated carbocycles. The summed E-state index contributed by atoms with van der Waals surface area (Å²) in [5.41, 5.74) is 8.15. The van der Waals surface area contributed by atoms with Crippen LogP contribution in [0.15, 0.2) is 40.4 Å². The van der Waals surface area contributed by atoms with Crippen LogP contribution in [0.25, 0.3) is 0 Å². The highest BCUT2D eigenvalue weighted by Gasteiger charge is 2.10. The highest BCUT2D eigenvalue weighted by atomic mass is 35.5. The van der Waals surface area contributed by atoms with Crippen LogP contribution in [0.3, 0.4) is 0 Å². The number of rotatable bonds is 5. The summed E-state index contributed by atoms with van der Waals surface area (Å²) in [5, 5.41) is 3.57. The van der Waals surface area contributed by atoms with Crippen molar-refractivity contribution < 1.29 is 4.79 Å². The Labute approximate surface area is 146 Å². The number of benzene rings is 1. The van der Waals surface area contributed by atoms with Crippen LogP contribution in [-0.2, 0) is 4.79 Å². The zero-order valence-corrected chi connectivity index (χ0v) is 15.0. The molecule has 5 nitrogen and oxygen atoms in total. The van der Waals surface area contributed by atoms with E-state index in [0.29, 0.717) is 6.54 Å². The molecule has 1 atom stereocenters. The molecule has 1 unspecified atom stereocenters. The van der Waals surface area contributed by atoms with Gasteiger partial charge in [0.05, 0.1) is 0 Å². The van der Waals surface area contributed by atoms with Gasteiger partial charge in [-0.3, -0.25) is 4.79 Å². The largest absolute Gasteiger partial charge is 0.330 e. The minimum Gasteiger partial charge on any atom is -0.330 e. The van der Waals surface area contributed by atoms with Crippen LogP contribution in [0.4, 0.5) is 5.69 Å². The zero-order valence-electron chi connectivity index (χ0n) is 13.4. The van der Waals surface area contributed by atoms with Gasteiger partial charge in [-0.1, -0.05) is 6.92 Å². The topological polar surface area (TPSA) is 80.9 Å². The number of halogens is 1. The van der Waals surface area contributed by atoms with Gasteiger partial charge in [-0.15, -0.1) is 12.4 Å². The highest BCUT2D eigenvalue weighted by Crippen LogP contribution is 2.26. The van der Waals surface area contributed by atoms with Crippen molar-refractivity contribution in [3.05, 3.63) is 41.7 Å². The lowest BCUT2D eigenvalue weighted by atomic mass is 10.1. The first-order valence-electron chi connectivity index (χ1n) is 7.09. The van der Waals surface area contributed by atoms with E-state index in [1.165, 1.54) is 11.8 Å². The summed E-state index contributed by atoms with van der Waals surface area (Å²) in [6, 6.07) is 9.56. The number of amides is 1. The van der Waals surface area contributed by atoms with Gasteiger partial charge in [0.2, 0.25) is 5.91 Å². The molecule has 0 aliphatic carbocycles.